The third kappa shape index (κ3) is 4.20. The second-order valence-corrected chi connectivity index (χ2v) is 8.94. The zero-order valence-electron chi connectivity index (χ0n) is 16.5. The molecule has 2 atom stereocenters. The molecule has 5 heteroatoms. The minimum atomic E-state index is 0.0882. The first-order chi connectivity index (χ1) is 11.9. The summed E-state index contributed by atoms with van der Waals surface area (Å²) < 4.78 is 0. The van der Waals surface area contributed by atoms with Crippen molar-refractivity contribution < 1.29 is 4.79 Å². The highest BCUT2D eigenvalue weighted by atomic mass is 16.2. The number of piperazine rings is 1. The van der Waals surface area contributed by atoms with E-state index in [0.29, 0.717) is 11.3 Å². The van der Waals surface area contributed by atoms with E-state index in [4.69, 9.17) is 0 Å². The van der Waals surface area contributed by atoms with Crippen molar-refractivity contribution in [1.82, 2.24) is 20.4 Å². The maximum atomic E-state index is 12.7. The first-order valence-corrected chi connectivity index (χ1v) is 10.1. The molecule has 2 bridgehead atoms. The van der Waals surface area contributed by atoms with E-state index >= 15 is 0 Å². The van der Waals surface area contributed by atoms with Gasteiger partial charge in [-0.25, -0.2) is 4.79 Å². The number of carbonyl (C=O) groups excluding carboxylic acids is 1. The number of nitrogens with zero attached hydrogens (tertiary/aromatic N) is 2. The van der Waals surface area contributed by atoms with Crippen molar-refractivity contribution in [3.63, 3.8) is 0 Å². The van der Waals surface area contributed by atoms with Gasteiger partial charge in [-0.1, -0.05) is 25.5 Å². The fourth-order valence-electron chi connectivity index (χ4n) is 4.66. The van der Waals surface area contributed by atoms with Gasteiger partial charge in [0.2, 0.25) is 0 Å². The number of amides is 2. The molecule has 0 unspecified atom stereocenters. The van der Waals surface area contributed by atoms with Gasteiger partial charge in [0.05, 0.1) is 0 Å². The van der Waals surface area contributed by atoms with Crippen molar-refractivity contribution in [2.24, 2.45) is 17.3 Å². The molecule has 3 aliphatic carbocycles. The number of allylic oxidation sites excluding steroid dienone is 1. The average Bonchev–Trinajstić information content (AvgIpc) is 2.58. The summed E-state index contributed by atoms with van der Waals surface area (Å²) in [6, 6.07) is 0.268. The molecule has 0 radical (unpaired) electrons. The second-order valence-electron chi connectivity index (χ2n) is 8.94. The first-order valence-electron chi connectivity index (χ1n) is 10.1. The molecule has 4 rings (SSSR count). The van der Waals surface area contributed by atoms with E-state index in [1.54, 1.807) is 0 Å². The highest BCUT2D eigenvalue weighted by Crippen LogP contribution is 2.59. The SMILES string of the molecule is CC(C)NC(=O)N(CCN1CCNCC1)CC1=CC[C@@H]2C[C@@H]1C2(C)C. The van der Waals surface area contributed by atoms with E-state index < -0.39 is 0 Å². The number of fused-ring (bicyclic) bond motifs is 1. The predicted octanol–water partition coefficient (Wildman–Crippen LogP) is 2.30. The monoisotopic (exact) mass is 348 g/mol. The van der Waals surface area contributed by atoms with E-state index in [9.17, 15) is 4.79 Å². The van der Waals surface area contributed by atoms with Crippen LogP contribution in [0.4, 0.5) is 4.79 Å². The summed E-state index contributed by atoms with van der Waals surface area (Å²) in [5, 5.41) is 6.49. The highest BCUT2D eigenvalue weighted by molar-refractivity contribution is 5.74. The van der Waals surface area contributed by atoms with Gasteiger partial charge in [-0.2, -0.15) is 0 Å². The molecule has 2 fully saturated rings. The molecule has 1 heterocycles. The maximum Gasteiger partial charge on any atom is 0.317 e. The van der Waals surface area contributed by atoms with E-state index in [1.165, 1.54) is 18.4 Å². The molecule has 25 heavy (non-hydrogen) atoms. The Balaban J connectivity index is 1.61. The minimum absolute atomic E-state index is 0.0882. The fourth-order valence-corrected chi connectivity index (χ4v) is 4.66. The topological polar surface area (TPSA) is 47.6 Å². The number of carbonyl (C=O) groups is 1. The van der Waals surface area contributed by atoms with Crippen LogP contribution in [-0.2, 0) is 0 Å². The molecule has 0 spiro atoms. The number of rotatable bonds is 6. The van der Waals surface area contributed by atoms with Crippen LogP contribution in [0.1, 0.15) is 40.5 Å². The zero-order chi connectivity index (χ0) is 18.0. The Morgan fingerprint density at radius 2 is 2.12 bits per heavy atom. The standard InChI is InChI=1S/C20H36N4O/c1-15(2)22-19(25)24(12-11-23-9-7-21-8-10-23)14-16-5-6-17-13-18(16)20(17,3)4/h5,15,17-18,21H,6-14H2,1-4H3,(H,22,25)/t17-,18+/m1/s1. The van der Waals surface area contributed by atoms with Crippen LogP contribution in [0, 0.1) is 17.3 Å². The van der Waals surface area contributed by atoms with Gasteiger partial charge in [0.15, 0.2) is 0 Å². The van der Waals surface area contributed by atoms with E-state index in [0.717, 1.165) is 51.7 Å². The molecule has 1 saturated carbocycles. The van der Waals surface area contributed by atoms with Crippen molar-refractivity contribution in [3.8, 4) is 0 Å². The quantitative estimate of drug-likeness (QED) is 0.724. The number of hydrogen-bond donors (Lipinski definition) is 2. The van der Waals surface area contributed by atoms with Crippen LogP contribution in [0.3, 0.4) is 0 Å². The smallest absolute Gasteiger partial charge is 0.317 e. The van der Waals surface area contributed by atoms with E-state index in [-0.39, 0.29) is 12.1 Å². The summed E-state index contributed by atoms with van der Waals surface area (Å²) >= 11 is 0. The molecular formula is C20H36N4O. The van der Waals surface area contributed by atoms with Crippen LogP contribution in [0.25, 0.3) is 0 Å². The van der Waals surface area contributed by atoms with Crippen LogP contribution in [0.15, 0.2) is 11.6 Å². The zero-order valence-corrected chi connectivity index (χ0v) is 16.5. The summed E-state index contributed by atoms with van der Waals surface area (Å²) in [6.07, 6.45) is 4.93. The van der Waals surface area contributed by atoms with Crippen LogP contribution >= 0.6 is 0 Å². The summed E-state index contributed by atoms with van der Waals surface area (Å²) in [5.74, 6) is 1.51. The molecule has 4 aliphatic rings. The molecule has 0 aromatic carbocycles. The van der Waals surface area contributed by atoms with Crippen LogP contribution in [-0.4, -0.2) is 67.7 Å². The molecule has 0 aromatic rings. The van der Waals surface area contributed by atoms with Crippen molar-refractivity contribution in [3.05, 3.63) is 11.6 Å². The first kappa shape index (κ1) is 18.7. The van der Waals surface area contributed by atoms with Crippen LogP contribution in [0.2, 0.25) is 0 Å². The number of nitrogens with one attached hydrogen (secondary N) is 2. The van der Waals surface area contributed by atoms with Gasteiger partial charge < -0.3 is 15.5 Å². The normalized spacial score (nSPS) is 28.3. The summed E-state index contributed by atoms with van der Waals surface area (Å²) in [4.78, 5) is 17.2. The molecule has 1 aliphatic heterocycles. The molecule has 142 valence electrons. The Morgan fingerprint density at radius 3 is 2.72 bits per heavy atom. The lowest BCUT2D eigenvalue weighted by molar-refractivity contribution is -0.00980. The molecule has 5 nitrogen and oxygen atoms in total. The summed E-state index contributed by atoms with van der Waals surface area (Å²) in [6.45, 7) is 15.7. The molecular weight excluding hydrogens is 312 g/mol. The van der Waals surface area contributed by atoms with Gasteiger partial charge in [0, 0.05) is 51.9 Å². The number of hydrogen-bond acceptors (Lipinski definition) is 3. The molecule has 1 saturated heterocycles. The Hall–Kier alpha value is -1.07. The van der Waals surface area contributed by atoms with Gasteiger partial charge in [-0.15, -0.1) is 0 Å². The molecule has 0 aromatic heterocycles. The summed E-state index contributed by atoms with van der Waals surface area (Å²) in [7, 11) is 0. The molecule has 2 amide bonds. The Labute approximate surface area is 153 Å². The number of urea groups is 1. The lowest BCUT2D eigenvalue weighted by atomic mass is 9.49. The minimum Gasteiger partial charge on any atom is -0.336 e. The highest BCUT2D eigenvalue weighted by Gasteiger charge is 2.51. The maximum absolute atomic E-state index is 12.7. The van der Waals surface area contributed by atoms with Gasteiger partial charge in [0.1, 0.15) is 0 Å². The fraction of sp³-hybridized carbons (Fsp3) is 0.850. The largest absolute Gasteiger partial charge is 0.336 e. The van der Waals surface area contributed by atoms with Crippen molar-refractivity contribution >= 4 is 6.03 Å². The Morgan fingerprint density at radius 1 is 1.40 bits per heavy atom. The Kier molecular flexibility index (Phi) is 5.74. The lowest BCUT2D eigenvalue weighted by Gasteiger charge is -2.57. The lowest BCUT2D eigenvalue weighted by Crippen LogP contribution is -2.53. The van der Waals surface area contributed by atoms with Crippen LogP contribution in [0.5, 0.6) is 0 Å². The average molecular weight is 349 g/mol. The van der Waals surface area contributed by atoms with Gasteiger partial charge >= 0.3 is 6.03 Å². The van der Waals surface area contributed by atoms with Crippen LogP contribution < -0.4 is 10.6 Å². The third-order valence-corrected chi connectivity index (χ3v) is 6.55. The predicted molar refractivity (Wildman–Crippen MR) is 103 cm³/mol. The van der Waals surface area contributed by atoms with Gasteiger partial charge in [0.25, 0.3) is 0 Å². The third-order valence-electron chi connectivity index (χ3n) is 6.55. The van der Waals surface area contributed by atoms with Crippen molar-refractivity contribution in [2.75, 3.05) is 45.8 Å². The van der Waals surface area contributed by atoms with Gasteiger partial charge in [-0.05, 0) is 43.9 Å². The molecule has 2 N–H and O–H groups in total. The van der Waals surface area contributed by atoms with E-state index in [1.807, 2.05) is 18.7 Å². The Bertz CT molecular complexity index is 508. The van der Waals surface area contributed by atoms with E-state index in [2.05, 4.69) is 35.5 Å². The van der Waals surface area contributed by atoms with Gasteiger partial charge in [-0.3, -0.25) is 4.90 Å². The summed E-state index contributed by atoms with van der Waals surface area (Å²) in [5.41, 5.74) is 1.91. The van der Waals surface area contributed by atoms with Crippen molar-refractivity contribution in [2.45, 2.75) is 46.6 Å². The van der Waals surface area contributed by atoms with Crippen molar-refractivity contribution in [1.29, 1.82) is 0 Å². The second kappa shape index (κ2) is 7.67.